The minimum absolute atomic E-state index is 0.0762. The number of benzene rings is 1. The molecule has 0 unspecified atom stereocenters. The van der Waals surface area contributed by atoms with Gasteiger partial charge in [0.25, 0.3) is 5.56 Å². The molecular formula is C20H17ClF3N5O2. The van der Waals surface area contributed by atoms with Crippen LogP contribution in [0.5, 0.6) is 0 Å². The summed E-state index contributed by atoms with van der Waals surface area (Å²) >= 11 is 6.02. The number of H-pyrrole nitrogens is 1. The molecule has 3 aromatic rings. The first-order chi connectivity index (χ1) is 14.7. The molecule has 1 aromatic carbocycles. The number of hydrogen-bond donors (Lipinski definition) is 2. The summed E-state index contributed by atoms with van der Waals surface area (Å²) in [6, 6.07) is 5.76. The number of aromatic nitrogens is 3. The lowest BCUT2D eigenvalue weighted by Gasteiger charge is -2.32. The Morgan fingerprint density at radius 2 is 1.94 bits per heavy atom. The van der Waals surface area contributed by atoms with Gasteiger partial charge in [0.2, 0.25) is 5.91 Å². The number of nitrogens with zero attached hydrogens (tertiary/aromatic N) is 3. The minimum Gasteiger partial charge on any atom is -0.355 e. The van der Waals surface area contributed by atoms with Gasteiger partial charge in [-0.25, -0.2) is 9.97 Å². The highest BCUT2D eigenvalue weighted by Crippen LogP contribution is 2.34. The molecule has 31 heavy (non-hydrogen) atoms. The number of fused-ring (bicyclic) bond motifs is 1. The van der Waals surface area contributed by atoms with Crippen molar-refractivity contribution < 1.29 is 18.0 Å². The molecule has 2 aromatic heterocycles. The average molecular weight is 452 g/mol. The highest BCUT2D eigenvalue weighted by atomic mass is 35.5. The van der Waals surface area contributed by atoms with Crippen LogP contribution in [0.3, 0.4) is 0 Å². The molecule has 0 saturated carbocycles. The lowest BCUT2D eigenvalue weighted by Crippen LogP contribution is -2.38. The van der Waals surface area contributed by atoms with Crippen molar-refractivity contribution in [2.75, 3.05) is 23.3 Å². The summed E-state index contributed by atoms with van der Waals surface area (Å²) < 4.78 is 38.4. The fourth-order valence-corrected chi connectivity index (χ4v) is 3.85. The third-order valence-corrected chi connectivity index (χ3v) is 5.50. The van der Waals surface area contributed by atoms with Gasteiger partial charge in [0, 0.05) is 30.9 Å². The Labute approximate surface area is 179 Å². The van der Waals surface area contributed by atoms with Crippen LogP contribution in [0.25, 0.3) is 10.9 Å². The van der Waals surface area contributed by atoms with Crippen molar-refractivity contribution in [1.29, 1.82) is 0 Å². The van der Waals surface area contributed by atoms with Crippen LogP contribution in [0.2, 0.25) is 5.02 Å². The Balaban J connectivity index is 1.40. The van der Waals surface area contributed by atoms with Crippen molar-refractivity contribution in [3.8, 4) is 0 Å². The molecule has 1 amide bonds. The van der Waals surface area contributed by atoms with Crippen molar-refractivity contribution in [2.45, 2.75) is 19.0 Å². The van der Waals surface area contributed by atoms with E-state index >= 15 is 0 Å². The third kappa shape index (κ3) is 4.48. The maximum Gasteiger partial charge on any atom is 0.417 e. The van der Waals surface area contributed by atoms with E-state index in [1.807, 2.05) is 0 Å². The summed E-state index contributed by atoms with van der Waals surface area (Å²) in [4.78, 5) is 36.8. The molecule has 1 fully saturated rings. The Kier molecular flexibility index (Phi) is 5.57. The van der Waals surface area contributed by atoms with Crippen LogP contribution in [0.1, 0.15) is 18.4 Å². The third-order valence-electron chi connectivity index (χ3n) is 5.22. The molecule has 1 saturated heterocycles. The Hall–Kier alpha value is -3.14. The maximum atomic E-state index is 12.8. The Bertz CT molecular complexity index is 1190. The lowest BCUT2D eigenvalue weighted by atomic mass is 9.95. The second kappa shape index (κ2) is 8.18. The van der Waals surface area contributed by atoms with Crippen LogP contribution in [-0.2, 0) is 11.0 Å². The van der Waals surface area contributed by atoms with Gasteiger partial charge in [-0.05, 0) is 37.1 Å². The van der Waals surface area contributed by atoms with E-state index in [9.17, 15) is 22.8 Å². The summed E-state index contributed by atoms with van der Waals surface area (Å²) in [5.41, 5.74) is -0.183. The van der Waals surface area contributed by atoms with E-state index in [0.29, 0.717) is 42.5 Å². The number of rotatable bonds is 3. The summed E-state index contributed by atoms with van der Waals surface area (Å²) in [6.07, 6.45) is -1.46. The van der Waals surface area contributed by atoms with Gasteiger partial charge in [-0.15, -0.1) is 0 Å². The fraction of sp³-hybridized carbons (Fsp3) is 0.300. The van der Waals surface area contributed by atoms with Crippen molar-refractivity contribution >= 4 is 39.9 Å². The molecular weight excluding hydrogens is 435 g/mol. The number of pyridine rings is 1. The van der Waals surface area contributed by atoms with Crippen LogP contribution in [-0.4, -0.2) is 33.9 Å². The minimum atomic E-state index is -4.51. The molecule has 0 bridgehead atoms. The molecule has 3 heterocycles. The van der Waals surface area contributed by atoms with Crippen LogP contribution in [0.15, 0.2) is 41.6 Å². The molecule has 1 aliphatic rings. The molecule has 4 rings (SSSR count). The zero-order valence-electron chi connectivity index (χ0n) is 16.0. The molecule has 2 N–H and O–H groups in total. The van der Waals surface area contributed by atoms with Gasteiger partial charge in [-0.2, -0.15) is 13.2 Å². The van der Waals surface area contributed by atoms with Gasteiger partial charge < -0.3 is 15.2 Å². The molecule has 0 spiro atoms. The van der Waals surface area contributed by atoms with E-state index in [-0.39, 0.29) is 28.2 Å². The van der Waals surface area contributed by atoms with Crippen LogP contribution in [0.4, 0.5) is 24.7 Å². The van der Waals surface area contributed by atoms with Crippen molar-refractivity contribution in [3.63, 3.8) is 0 Å². The molecule has 0 atom stereocenters. The standard InChI is InChI=1S/C20H17ClF3N5O2/c21-15-7-12(20(22,23)24)9-25-17(15)29-5-3-11(4-6-29)18(30)28-13-1-2-16-14(8-13)19(31)27-10-26-16/h1-2,7-11H,3-6H2,(H,28,30)(H,26,27,31). The molecule has 0 aliphatic carbocycles. The zero-order chi connectivity index (χ0) is 22.2. The van der Waals surface area contributed by atoms with E-state index in [1.54, 1.807) is 23.1 Å². The number of alkyl halides is 3. The van der Waals surface area contributed by atoms with E-state index in [0.717, 1.165) is 12.3 Å². The van der Waals surface area contributed by atoms with Gasteiger partial charge in [-0.3, -0.25) is 9.59 Å². The first kappa shape index (κ1) is 21.1. The number of halogens is 4. The number of piperidine rings is 1. The van der Waals surface area contributed by atoms with Gasteiger partial charge in [0.15, 0.2) is 0 Å². The van der Waals surface area contributed by atoms with Crippen molar-refractivity contribution in [1.82, 2.24) is 15.0 Å². The van der Waals surface area contributed by atoms with Crippen LogP contribution in [0, 0.1) is 5.92 Å². The molecule has 11 heteroatoms. The smallest absolute Gasteiger partial charge is 0.355 e. The quantitative estimate of drug-likeness (QED) is 0.631. The normalized spacial score (nSPS) is 15.3. The second-order valence-corrected chi connectivity index (χ2v) is 7.65. The van der Waals surface area contributed by atoms with Gasteiger partial charge in [-0.1, -0.05) is 11.6 Å². The number of hydrogen-bond acceptors (Lipinski definition) is 5. The zero-order valence-corrected chi connectivity index (χ0v) is 16.8. The van der Waals surface area contributed by atoms with Crippen molar-refractivity contribution in [2.24, 2.45) is 5.92 Å². The van der Waals surface area contributed by atoms with E-state index in [2.05, 4.69) is 20.3 Å². The average Bonchev–Trinajstić information content (AvgIpc) is 2.74. The monoisotopic (exact) mass is 451 g/mol. The SMILES string of the molecule is O=C(Nc1ccc2nc[nH]c(=O)c2c1)C1CCN(c2ncc(C(F)(F)F)cc2Cl)CC1. The van der Waals surface area contributed by atoms with E-state index < -0.39 is 11.7 Å². The van der Waals surface area contributed by atoms with Crippen LogP contribution >= 0.6 is 11.6 Å². The number of amides is 1. The van der Waals surface area contributed by atoms with Gasteiger partial charge in [0.1, 0.15) is 5.82 Å². The highest BCUT2D eigenvalue weighted by molar-refractivity contribution is 6.33. The molecule has 1 aliphatic heterocycles. The van der Waals surface area contributed by atoms with E-state index in [1.165, 1.54) is 6.33 Å². The Morgan fingerprint density at radius 1 is 1.19 bits per heavy atom. The van der Waals surface area contributed by atoms with Gasteiger partial charge in [0.05, 0.1) is 27.8 Å². The largest absolute Gasteiger partial charge is 0.417 e. The number of anilines is 2. The van der Waals surface area contributed by atoms with Gasteiger partial charge >= 0.3 is 6.18 Å². The number of carbonyl (C=O) groups is 1. The summed E-state index contributed by atoms with van der Waals surface area (Å²) in [5, 5.41) is 3.11. The maximum absolute atomic E-state index is 12.8. The Morgan fingerprint density at radius 3 is 2.61 bits per heavy atom. The highest BCUT2D eigenvalue weighted by Gasteiger charge is 2.33. The molecule has 7 nitrogen and oxygen atoms in total. The molecule has 162 valence electrons. The number of aromatic amines is 1. The topological polar surface area (TPSA) is 91.0 Å². The molecule has 0 radical (unpaired) electrons. The fourth-order valence-electron chi connectivity index (χ4n) is 3.56. The predicted molar refractivity (Wildman–Crippen MR) is 110 cm³/mol. The number of carbonyl (C=O) groups excluding carboxylic acids is 1. The number of nitrogens with one attached hydrogen (secondary N) is 2. The lowest BCUT2D eigenvalue weighted by molar-refractivity contribution is -0.137. The summed E-state index contributed by atoms with van der Waals surface area (Å²) in [6.45, 7) is 0.856. The first-order valence-electron chi connectivity index (χ1n) is 9.48. The van der Waals surface area contributed by atoms with E-state index in [4.69, 9.17) is 11.6 Å². The first-order valence-corrected chi connectivity index (χ1v) is 9.86. The predicted octanol–water partition coefficient (Wildman–Crippen LogP) is 3.85. The summed E-state index contributed by atoms with van der Waals surface area (Å²) in [5.74, 6) is -0.201. The summed E-state index contributed by atoms with van der Waals surface area (Å²) in [7, 11) is 0. The second-order valence-electron chi connectivity index (χ2n) is 7.24. The van der Waals surface area contributed by atoms with Crippen molar-refractivity contribution in [3.05, 3.63) is 57.7 Å². The van der Waals surface area contributed by atoms with Crippen LogP contribution < -0.4 is 15.8 Å².